The fraction of sp³-hybridized carbons (Fsp3) is 0.133. The Labute approximate surface area is 131 Å². The lowest BCUT2D eigenvalue weighted by Gasteiger charge is -2.09. The van der Waals surface area contributed by atoms with Gasteiger partial charge >= 0.3 is 5.97 Å². The number of nitrogens with two attached hydrogens (primary N) is 2. The van der Waals surface area contributed by atoms with Gasteiger partial charge in [-0.05, 0) is 51.8 Å². The number of hydrogen-bond donors (Lipinski definition) is 2. The molecule has 110 valence electrons. The minimum Gasteiger partial charge on any atom is -0.496 e. The van der Waals surface area contributed by atoms with Crippen LogP contribution in [0.5, 0.6) is 5.75 Å². The molecule has 0 unspecified atom stereocenters. The summed E-state index contributed by atoms with van der Waals surface area (Å²) in [7, 11) is 1.59. The van der Waals surface area contributed by atoms with Crippen LogP contribution in [0.1, 0.15) is 15.9 Å². The molecule has 0 aliphatic heterocycles. The quantitative estimate of drug-likeness (QED) is 0.653. The Morgan fingerprint density at radius 1 is 1.19 bits per heavy atom. The lowest BCUT2D eigenvalue weighted by molar-refractivity contribution is 0.0474. The maximum Gasteiger partial charge on any atom is 0.340 e. The fourth-order valence-corrected chi connectivity index (χ4v) is 2.38. The van der Waals surface area contributed by atoms with E-state index < -0.39 is 5.97 Å². The molecule has 0 fully saturated rings. The highest BCUT2D eigenvalue weighted by molar-refractivity contribution is 9.10. The number of anilines is 2. The van der Waals surface area contributed by atoms with Gasteiger partial charge in [-0.15, -0.1) is 0 Å². The number of hydrogen-bond acceptors (Lipinski definition) is 5. The minimum absolute atomic E-state index is 0.144. The van der Waals surface area contributed by atoms with Gasteiger partial charge in [0.1, 0.15) is 12.4 Å². The van der Waals surface area contributed by atoms with E-state index in [-0.39, 0.29) is 6.61 Å². The van der Waals surface area contributed by atoms with Gasteiger partial charge in [-0.25, -0.2) is 4.79 Å². The van der Waals surface area contributed by atoms with Crippen LogP contribution in [0.15, 0.2) is 40.9 Å². The van der Waals surface area contributed by atoms with E-state index in [1.807, 2.05) is 12.1 Å². The van der Waals surface area contributed by atoms with Crippen molar-refractivity contribution in [2.75, 3.05) is 18.6 Å². The van der Waals surface area contributed by atoms with Crippen LogP contribution < -0.4 is 16.2 Å². The van der Waals surface area contributed by atoms with Crippen molar-refractivity contribution in [3.8, 4) is 5.75 Å². The molecule has 0 aliphatic carbocycles. The summed E-state index contributed by atoms with van der Waals surface area (Å²) in [5.41, 5.74) is 13.3. The van der Waals surface area contributed by atoms with E-state index in [9.17, 15) is 4.79 Å². The molecule has 4 N–H and O–H groups in total. The number of methoxy groups -OCH3 is 1. The van der Waals surface area contributed by atoms with Crippen LogP contribution in [-0.4, -0.2) is 13.1 Å². The highest BCUT2D eigenvalue weighted by Crippen LogP contribution is 2.26. The number of rotatable bonds is 4. The SMILES string of the molecule is COc1ccc(COC(=O)c2ccc(N)cc2N)cc1Br. The summed E-state index contributed by atoms with van der Waals surface area (Å²) in [4.78, 5) is 12.0. The molecule has 6 heteroatoms. The van der Waals surface area contributed by atoms with Gasteiger partial charge in [0.05, 0.1) is 17.1 Å². The molecule has 0 amide bonds. The van der Waals surface area contributed by atoms with Gasteiger partial charge in [0.15, 0.2) is 0 Å². The molecule has 0 saturated heterocycles. The Balaban J connectivity index is 2.05. The fourth-order valence-electron chi connectivity index (χ4n) is 1.79. The van der Waals surface area contributed by atoms with Crippen molar-refractivity contribution in [2.24, 2.45) is 0 Å². The first-order valence-corrected chi connectivity index (χ1v) is 6.95. The largest absolute Gasteiger partial charge is 0.496 e. The third kappa shape index (κ3) is 3.66. The molecular weight excluding hydrogens is 336 g/mol. The van der Waals surface area contributed by atoms with E-state index in [0.717, 1.165) is 10.0 Å². The highest BCUT2D eigenvalue weighted by Gasteiger charge is 2.12. The molecule has 5 nitrogen and oxygen atoms in total. The number of carbonyl (C=O) groups excluding carboxylic acids is 1. The van der Waals surface area contributed by atoms with Crippen LogP contribution in [0.4, 0.5) is 11.4 Å². The van der Waals surface area contributed by atoms with E-state index in [2.05, 4.69) is 15.9 Å². The molecule has 2 rings (SSSR count). The van der Waals surface area contributed by atoms with Crippen molar-refractivity contribution in [3.63, 3.8) is 0 Å². The number of esters is 1. The topological polar surface area (TPSA) is 87.6 Å². The number of carbonyl (C=O) groups is 1. The molecule has 21 heavy (non-hydrogen) atoms. The number of nitrogen functional groups attached to an aromatic ring is 2. The molecule has 2 aromatic rings. The summed E-state index contributed by atoms with van der Waals surface area (Å²) in [6.45, 7) is 0.144. The summed E-state index contributed by atoms with van der Waals surface area (Å²) < 4.78 is 11.2. The van der Waals surface area contributed by atoms with Gasteiger partial charge in [0.2, 0.25) is 0 Å². The molecule has 0 radical (unpaired) electrons. The summed E-state index contributed by atoms with van der Waals surface area (Å²) >= 11 is 3.38. The molecular formula is C15H15BrN2O3. The lowest BCUT2D eigenvalue weighted by Crippen LogP contribution is -2.08. The van der Waals surface area contributed by atoms with Crippen molar-refractivity contribution in [1.29, 1.82) is 0 Å². The van der Waals surface area contributed by atoms with Crippen molar-refractivity contribution in [1.82, 2.24) is 0 Å². The molecule has 0 atom stereocenters. The van der Waals surface area contributed by atoms with Crippen LogP contribution in [-0.2, 0) is 11.3 Å². The van der Waals surface area contributed by atoms with Gasteiger partial charge in [-0.3, -0.25) is 0 Å². The monoisotopic (exact) mass is 350 g/mol. The highest BCUT2D eigenvalue weighted by atomic mass is 79.9. The van der Waals surface area contributed by atoms with E-state index in [0.29, 0.717) is 22.7 Å². The van der Waals surface area contributed by atoms with E-state index in [1.54, 1.807) is 25.3 Å². The van der Waals surface area contributed by atoms with Crippen LogP contribution in [0.25, 0.3) is 0 Å². The Morgan fingerprint density at radius 3 is 2.57 bits per heavy atom. The second-order valence-corrected chi connectivity index (χ2v) is 5.25. The number of halogens is 1. The van der Waals surface area contributed by atoms with Crippen molar-refractivity contribution >= 4 is 33.3 Å². The van der Waals surface area contributed by atoms with Crippen molar-refractivity contribution < 1.29 is 14.3 Å². The standard InChI is InChI=1S/C15H15BrN2O3/c1-20-14-5-2-9(6-12(14)16)8-21-15(19)11-4-3-10(17)7-13(11)18/h2-7H,8,17-18H2,1H3. The van der Waals surface area contributed by atoms with E-state index >= 15 is 0 Å². The van der Waals surface area contributed by atoms with Crippen LogP contribution in [0.2, 0.25) is 0 Å². The Morgan fingerprint density at radius 2 is 1.95 bits per heavy atom. The number of ether oxygens (including phenoxy) is 2. The number of benzene rings is 2. The summed E-state index contributed by atoms with van der Waals surface area (Å²) in [5, 5.41) is 0. The van der Waals surface area contributed by atoms with Crippen LogP contribution in [0.3, 0.4) is 0 Å². The van der Waals surface area contributed by atoms with Gasteiger partial charge in [0, 0.05) is 11.4 Å². The molecule has 0 aromatic heterocycles. The van der Waals surface area contributed by atoms with Crippen LogP contribution in [0, 0.1) is 0 Å². The normalized spacial score (nSPS) is 10.2. The van der Waals surface area contributed by atoms with Gasteiger partial charge in [-0.1, -0.05) is 6.07 Å². The third-order valence-corrected chi connectivity index (χ3v) is 3.50. The first-order valence-electron chi connectivity index (χ1n) is 6.16. The zero-order valence-electron chi connectivity index (χ0n) is 11.4. The average molecular weight is 351 g/mol. The molecule has 0 aliphatic rings. The maximum absolute atomic E-state index is 12.0. The minimum atomic E-state index is -0.487. The zero-order chi connectivity index (χ0) is 15.4. The molecule has 0 bridgehead atoms. The summed E-state index contributed by atoms with van der Waals surface area (Å²) in [5.74, 6) is 0.229. The molecule has 0 heterocycles. The molecule has 2 aromatic carbocycles. The third-order valence-electron chi connectivity index (χ3n) is 2.88. The predicted octanol–water partition coefficient (Wildman–Crippen LogP) is 2.98. The Bertz CT molecular complexity index is 674. The second-order valence-electron chi connectivity index (χ2n) is 4.39. The van der Waals surface area contributed by atoms with Crippen molar-refractivity contribution in [3.05, 3.63) is 52.0 Å². The lowest BCUT2D eigenvalue weighted by atomic mass is 10.1. The second kappa shape index (κ2) is 6.49. The summed E-state index contributed by atoms with van der Waals surface area (Å²) in [6, 6.07) is 10.1. The van der Waals surface area contributed by atoms with Gasteiger partial charge in [-0.2, -0.15) is 0 Å². The molecule has 0 spiro atoms. The first kappa shape index (κ1) is 15.2. The summed E-state index contributed by atoms with van der Waals surface area (Å²) in [6.07, 6.45) is 0. The Hall–Kier alpha value is -2.21. The van der Waals surface area contributed by atoms with Gasteiger partial charge in [0.25, 0.3) is 0 Å². The maximum atomic E-state index is 12.0. The van der Waals surface area contributed by atoms with Gasteiger partial charge < -0.3 is 20.9 Å². The van der Waals surface area contributed by atoms with Crippen molar-refractivity contribution in [2.45, 2.75) is 6.61 Å². The zero-order valence-corrected chi connectivity index (χ0v) is 13.0. The molecule has 0 saturated carbocycles. The Kier molecular flexibility index (Phi) is 4.70. The van der Waals surface area contributed by atoms with E-state index in [4.69, 9.17) is 20.9 Å². The van der Waals surface area contributed by atoms with E-state index in [1.165, 1.54) is 6.07 Å². The van der Waals surface area contributed by atoms with Crippen LogP contribution >= 0.6 is 15.9 Å². The average Bonchev–Trinajstić information content (AvgIpc) is 2.45. The predicted molar refractivity (Wildman–Crippen MR) is 85.1 cm³/mol. The smallest absolute Gasteiger partial charge is 0.340 e. The first-order chi connectivity index (χ1) is 10.0.